The van der Waals surface area contributed by atoms with Crippen molar-refractivity contribution in [2.45, 2.75) is 13.1 Å². The van der Waals surface area contributed by atoms with Gasteiger partial charge in [-0.15, -0.1) is 0 Å². The highest BCUT2D eigenvalue weighted by Crippen LogP contribution is 2.33. The molecule has 2 N–H and O–H groups in total. The fourth-order valence-corrected chi connectivity index (χ4v) is 1.23. The summed E-state index contributed by atoms with van der Waals surface area (Å²) in [5, 5.41) is 5.03. The number of benzene rings is 1. The van der Waals surface area contributed by atoms with Crippen LogP contribution in [0.3, 0.4) is 0 Å². The molecule has 0 saturated heterocycles. The molecule has 16 heavy (non-hydrogen) atoms. The van der Waals surface area contributed by atoms with E-state index in [-0.39, 0.29) is 11.6 Å². The molecule has 0 aromatic heterocycles. The van der Waals surface area contributed by atoms with Crippen molar-refractivity contribution < 1.29 is 18.0 Å². The van der Waals surface area contributed by atoms with Crippen LogP contribution in [-0.4, -0.2) is 13.0 Å². The van der Waals surface area contributed by atoms with Gasteiger partial charge >= 0.3 is 6.18 Å². The molecule has 0 spiro atoms. The predicted octanol–water partition coefficient (Wildman–Crippen LogP) is 2.71. The van der Waals surface area contributed by atoms with Gasteiger partial charge in [0.25, 0.3) is 0 Å². The van der Waals surface area contributed by atoms with Crippen LogP contribution in [0.4, 0.5) is 24.5 Å². The van der Waals surface area contributed by atoms with Crippen molar-refractivity contribution in [1.82, 2.24) is 0 Å². The highest BCUT2D eigenvalue weighted by molar-refractivity contribution is 5.92. The Balaban J connectivity index is 3.11. The molecule has 0 aliphatic heterocycles. The summed E-state index contributed by atoms with van der Waals surface area (Å²) >= 11 is 0. The molecular formula is C10H11F3N2O. The van der Waals surface area contributed by atoms with E-state index in [9.17, 15) is 18.0 Å². The van der Waals surface area contributed by atoms with E-state index < -0.39 is 11.7 Å². The van der Waals surface area contributed by atoms with Gasteiger partial charge in [-0.3, -0.25) is 4.79 Å². The first-order valence-corrected chi connectivity index (χ1v) is 4.51. The third-order valence-corrected chi connectivity index (χ3v) is 1.93. The number of nitrogens with one attached hydrogen (secondary N) is 2. The number of amides is 1. The van der Waals surface area contributed by atoms with Crippen LogP contribution < -0.4 is 10.6 Å². The number of hydrogen-bond donors (Lipinski definition) is 2. The summed E-state index contributed by atoms with van der Waals surface area (Å²) in [5.74, 6) is -0.337. The van der Waals surface area contributed by atoms with Crippen LogP contribution in [0.2, 0.25) is 0 Å². The molecule has 0 bridgehead atoms. The summed E-state index contributed by atoms with van der Waals surface area (Å²) in [4.78, 5) is 10.8. The van der Waals surface area contributed by atoms with Gasteiger partial charge in [0.2, 0.25) is 5.91 Å². The lowest BCUT2D eigenvalue weighted by atomic mass is 10.1. The van der Waals surface area contributed by atoms with Crippen molar-refractivity contribution in [2.75, 3.05) is 17.7 Å². The molecule has 3 nitrogen and oxygen atoms in total. The number of halogens is 3. The van der Waals surface area contributed by atoms with E-state index in [2.05, 4.69) is 10.6 Å². The largest absolute Gasteiger partial charge is 0.416 e. The van der Waals surface area contributed by atoms with Crippen LogP contribution in [0, 0.1) is 0 Å². The molecule has 1 aromatic carbocycles. The summed E-state index contributed by atoms with van der Waals surface area (Å²) < 4.78 is 37.1. The molecule has 6 heteroatoms. The van der Waals surface area contributed by atoms with E-state index in [0.717, 1.165) is 12.1 Å². The second-order valence-corrected chi connectivity index (χ2v) is 3.19. The van der Waals surface area contributed by atoms with Crippen molar-refractivity contribution in [2.24, 2.45) is 0 Å². The van der Waals surface area contributed by atoms with Gasteiger partial charge in [-0.1, -0.05) is 0 Å². The van der Waals surface area contributed by atoms with Gasteiger partial charge in [0.15, 0.2) is 0 Å². The van der Waals surface area contributed by atoms with Gasteiger partial charge in [0, 0.05) is 14.0 Å². The Morgan fingerprint density at radius 2 is 1.88 bits per heavy atom. The van der Waals surface area contributed by atoms with Crippen molar-refractivity contribution in [3.8, 4) is 0 Å². The maximum Gasteiger partial charge on any atom is 0.416 e. The highest BCUT2D eigenvalue weighted by Gasteiger charge is 2.30. The Hall–Kier alpha value is -1.72. The maximum atomic E-state index is 12.4. The Bertz CT molecular complexity index is 402. The van der Waals surface area contributed by atoms with Gasteiger partial charge < -0.3 is 10.6 Å². The lowest BCUT2D eigenvalue weighted by Gasteiger charge is -2.13. The SMILES string of the molecule is CNc1cc(C(F)(F)F)ccc1NC(C)=O. The zero-order valence-electron chi connectivity index (χ0n) is 8.77. The van der Waals surface area contributed by atoms with Gasteiger partial charge in [0.05, 0.1) is 16.9 Å². The minimum Gasteiger partial charge on any atom is -0.386 e. The van der Waals surface area contributed by atoms with Crippen molar-refractivity contribution >= 4 is 17.3 Å². The molecule has 88 valence electrons. The Kier molecular flexibility index (Phi) is 3.41. The molecule has 0 radical (unpaired) electrons. The molecule has 1 rings (SSSR count). The summed E-state index contributed by atoms with van der Waals surface area (Å²) in [6.07, 6.45) is -4.39. The standard InChI is InChI=1S/C10H11F3N2O/c1-6(16)15-8-4-3-7(10(11,12)13)5-9(8)14-2/h3-5,14H,1-2H3,(H,15,16). The van der Waals surface area contributed by atoms with E-state index in [0.29, 0.717) is 5.69 Å². The van der Waals surface area contributed by atoms with Crippen molar-refractivity contribution in [1.29, 1.82) is 0 Å². The van der Waals surface area contributed by atoms with Gasteiger partial charge in [-0.2, -0.15) is 13.2 Å². The van der Waals surface area contributed by atoms with E-state index in [1.165, 1.54) is 20.0 Å². The normalized spacial score (nSPS) is 11.1. The van der Waals surface area contributed by atoms with E-state index in [1.807, 2.05) is 0 Å². The number of anilines is 2. The summed E-state index contributed by atoms with van der Waals surface area (Å²) in [6, 6.07) is 3.09. The topological polar surface area (TPSA) is 41.1 Å². The van der Waals surface area contributed by atoms with Crippen LogP contribution >= 0.6 is 0 Å². The molecule has 0 unspecified atom stereocenters. The van der Waals surface area contributed by atoms with E-state index in [4.69, 9.17) is 0 Å². The van der Waals surface area contributed by atoms with Crippen molar-refractivity contribution in [3.63, 3.8) is 0 Å². The molecule has 0 atom stereocenters. The third kappa shape index (κ3) is 2.88. The van der Waals surface area contributed by atoms with E-state index in [1.54, 1.807) is 0 Å². The van der Waals surface area contributed by atoms with E-state index >= 15 is 0 Å². The highest BCUT2D eigenvalue weighted by atomic mass is 19.4. The molecule has 1 amide bonds. The first-order chi connectivity index (χ1) is 7.34. The zero-order valence-corrected chi connectivity index (χ0v) is 8.77. The quantitative estimate of drug-likeness (QED) is 0.823. The molecule has 0 saturated carbocycles. The number of carbonyl (C=O) groups is 1. The summed E-state index contributed by atoms with van der Waals surface area (Å²) in [6.45, 7) is 1.29. The Morgan fingerprint density at radius 1 is 1.25 bits per heavy atom. The smallest absolute Gasteiger partial charge is 0.386 e. The number of hydrogen-bond acceptors (Lipinski definition) is 2. The second-order valence-electron chi connectivity index (χ2n) is 3.19. The molecular weight excluding hydrogens is 221 g/mol. The molecule has 0 fully saturated rings. The number of carbonyl (C=O) groups excluding carboxylic acids is 1. The van der Waals surface area contributed by atoms with Crippen LogP contribution in [0.1, 0.15) is 12.5 Å². The second kappa shape index (κ2) is 4.42. The van der Waals surface area contributed by atoms with Crippen LogP contribution in [-0.2, 0) is 11.0 Å². The van der Waals surface area contributed by atoms with Crippen LogP contribution in [0.15, 0.2) is 18.2 Å². The van der Waals surface area contributed by atoms with Gasteiger partial charge in [0.1, 0.15) is 0 Å². The van der Waals surface area contributed by atoms with Gasteiger partial charge in [-0.25, -0.2) is 0 Å². The summed E-state index contributed by atoms with van der Waals surface area (Å²) in [7, 11) is 1.49. The Morgan fingerprint density at radius 3 is 2.31 bits per heavy atom. The van der Waals surface area contributed by atoms with Crippen LogP contribution in [0.5, 0.6) is 0 Å². The molecule has 1 aromatic rings. The van der Waals surface area contributed by atoms with Crippen molar-refractivity contribution in [3.05, 3.63) is 23.8 Å². The fraction of sp³-hybridized carbons (Fsp3) is 0.300. The lowest BCUT2D eigenvalue weighted by Crippen LogP contribution is -2.10. The zero-order chi connectivity index (χ0) is 12.3. The van der Waals surface area contributed by atoms with Crippen LogP contribution in [0.25, 0.3) is 0 Å². The Labute approximate surface area is 90.6 Å². The lowest BCUT2D eigenvalue weighted by molar-refractivity contribution is -0.137. The molecule has 0 aliphatic carbocycles. The maximum absolute atomic E-state index is 12.4. The van der Waals surface area contributed by atoms with Gasteiger partial charge in [-0.05, 0) is 18.2 Å². The predicted molar refractivity (Wildman–Crippen MR) is 55.3 cm³/mol. The monoisotopic (exact) mass is 232 g/mol. The number of rotatable bonds is 2. The molecule has 0 heterocycles. The first-order valence-electron chi connectivity index (χ1n) is 4.51. The average molecular weight is 232 g/mol. The third-order valence-electron chi connectivity index (χ3n) is 1.93. The molecule has 0 aliphatic rings. The minimum absolute atomic E-state index is 0.227. The average Bonchev–Trinajstić information content (AvgIpc) is 2.15. The fourth-order valence-electron chi connectivity index (χ4n) is 1.23. The number of alkyl halides is 3. The first kappa shape index (κ1) is 12.4. The summed E-state index contributed by atoms with van der Waals surface area (Å²) in [5.41, 5.74) is -0.209. The minimum atomic E-state index is -4.39.